The second-order valence-corrected chi connectivity index (χ2v) is 6.29. The molecule has 0 heterocycles. The number of hydrogen-bond donors (Lipinski definition) is 0. The van der Waals surface area contributed by atoms with Gasteiger partial charge in [-0.05, 0) is 11.8 Å². The Bertz CT molecular complexity index is 161. The van der Waals surface area contributed by atoms with Gasteiger partial charge in [-0.1, -0.05) is 97.3 Å². The molecule has 0 amide bonds. The van der Waals surface area contributed by atoms with Gasteiger partial charge in [0, 0.05) is 0 Å². The fourth-order valence-corrected chi connectivity index (χ4v) is 3.36. The van der Waals surface area contributed by atoms with Crippen molar-refractivity contribution >= 4 is 0 Å². The molecule has 1 fully saturated rings. The summed E-state index contributed by atoms with van der Waals surface area (Å²) in [7, 11) is 0. The predicted molar refractivity (Wildman–Crippen MR) is 78.3 cm³/mol. The highest BCUT2D eigenvalue weighted by Crippen LogP contribution is 2.33. The first-order valence-corrected chi connectivity index (χ1v) is 8.34. The lowest BCUT2D eigenvalue weighted by atomic mass is 9.78. The molecule has 2 atom stereocenters. The lowest BCUT2D eigenvalue weighted by Crippen LogP contribution is -2.16. The van der Waals surface area contributed by atoms with E-state index >= 15 is 0 Å². The van der Waals surface area contributed by atoms with Crippen molar-refractivity contribution in [2.45, 2.75) is 97.3 Å². The van der Waals surface area contributed by atoms with Gasteiger partial charge in [0.05, 0.1) is 0 Å². The van der Waals surface area contributed by atoms with E-state index in [2.05, 4.69) is 13.8 Å². The largest absolute Gasteiger partial charge is 0.0654 e. The summed E-state index contributed by atoms with van der Waals surface area (Å²) < 4.78 is 0. The predicted octanol–water partition coefficient (Wildman–Crippen LogP) is 6.34. The van der Waals surface area contributed by atoms with Crippen molar-refractivity contribution in [2.24, 2.45) is 11.8 Å². The fourth-order valence-electron chi connectivity index (χ4n) is 3.36. The first-order valence-electron chi connectivity index (χ1n) is 8.34. The van der Waals surface area contributed by atoms with Gasteiger partial charge in [0.25, 0.3) is 0 Å². The second kappa shape index (κ2) is 9.97. The Labute approximate surface area is 110 Å². The molecule has 1 aliphatic carbocycles. The molecule has 0 aromatic carbocycles. The molecule has 0 radical (unpaired) electrons. The van der Waals surface area contributed by atoms with Crippen LogP contribution in [-0.4, -0.2) is 0 Å². The van der Waals surface area contributed by atoms with Crippen molar-refractivity contribution in [3.8, 4) is 0 Å². The Balaban J connectivity index is 1.86. The van der Waals surface area contributed by atoms with Crippen LogP contribution in [-0.2, 0) is 0 Å². The monoisotopic (exact) mass is 238 g/mol. The zero-order valence-corrected chi connectivity index (χ0v) is 12.3. The van der Waals surface area contributed by atoms with Crippen LogP contribution in [0.5, 0.6) is 0 Å². The lowest BCUT2D eigenvalue weighted by Gasteiger charge is -2.28. The molecule has 1 aliphatic rings. The van der Waals surface area contributed by atoms with Crippen molar-refractivity contribution < 1.29 is 0 Å². The van der Waals surface area contributed by atoms with Gasteiger partial charge < -0.3 is 0 Å². The Morgan fingerprint density at radius 2 is 1.35 bits per heavy atom. The minimum atomic E-state index is 1.02. The molecule has 0 bridgehead atoms. The third-order valence-corrected chi connectivity index (χ3v) is 4.72. The maximum Gasteiger partial charge on any atom is -0.0388 e. The van der Waals surface area contributed by atoms with E-state index in [4.69, 9.17) is 0 Å². The highest BCUT2D eigenvalue weighted by Gasteiger charge is 2.20. The highest BCUT2D eigenvalue weighted by molar-refractivity contribution is 4.72. The molecular weight excluding hydrogens is 204 g/mol. The number of unbranched alkanes of at least 4 members (excludes halogenated alkanes) is 7. The maximum atomic E-state index is 2.48. The first-order chi connectivity index (χ1) is 8.34. The third-order valence-electron chi connectivity index (χ3n) is 4.72. The summed E-state index contributed by atoms with van der Waals surface area (Å²) in [4.78, 5) is 0. The summed E-state index contributed by atoms with van der Waals surface area (Å²) >= 11 is 0. The molecule has 0 heteroatoms. The van der Waals surface area contributed by atoms with Crippen LogP contribution in [0.4, 0.5) is 0 Å². The molecule has 17 heavy (non-hydrogen) atoms. The fraction of sp³-hybridized carbons (Fsp3) is 1.00. The highest BCUT2D eigenvalue weighted by atomic mass is 14.3. The first kappa shape index (κ1) is 15.1. The summed E-state index contributed by atoms with van der Waals surface area (Å²) in [5.74, 6) is 2.09. The van der Waals surface area contributed by atoms with Crippen molar-refractivity contribution in [3.05, 3.63) is 0 Å². The van der Waals surface area contributed by atoms with E-state index in [1.165, 1.54) is 83.5 Å². The Morgan fingerprint density at radius 1 is 0.765 bits per heavy atom. The normalized spacial score (nSPS) is 25.1. The van der Waals surface area contributed by atoms with Crippen molar-refractivity contribution in [3.63, 3.8) is 0 Å². The van der Waals surface area contributed by atoms with Crippen molar-refractivity contribution in [1.82, 2.24) is 0 Å². The molecule has 0 nitrogen and oxygen atoms in total. The van der Waals surface area contributed by atoms with E-state index in [-0.39, 0.29) is 0 Å². The second-order valence-electron chi connectivity index (χ2n) is 6.29. The summed E-state index contributed by atoms with van der Waals surface area (Å²) in [6.07, 6.45) is 19.3. The SMILES string of the molecule is CCCCCCCCCC[C@H]1CCCC[C@@H]1C. The summed E-state index contributed by atoms with van der Waals surface area (Å²) in [5, 5.41) is 0. The van der Waals surface area contributed by atoms with Crippen LogP contribution in [0.15, 0.2) is 0 Å². The average Bonchev–Trinajstić information content (AvgIpc) is 2.35. The standard InChI is InChI=1S/C17H34/c1-3-4-5-6-7-8-9-10-14-17-15-12-11-13-16(17)2/h16-17H,3-15H2,1-2H3/t16-,17-/m0/s1. The van der Waals surface area contributed by atoms with Crippen molar-refractivity contribution in [2.75, 3.05) is 0 Å². The molecule has 0 unspecified atom stereocenters. The maximum absolute atomic E-state index is 2.48. The van der Waals surface area contributed by atoms with Gasteiger partial charge in [0.1, 0.15) is 0 Å². The topological polar surface area (TPSA) is 0 Å². The van der Waals surface area contributed by atoms with Gasteiger partial charge in [-0.15, -0.1) is 0 Å². The molecule has 0 aromatic heterocycles. The van der Waals surface area contributed by atoms with Gasteiger partial charge in [0.15, 0.2) is 0 Å². The summed E-state index contributed by atoms with van der Waals surface area (Å²) in [5.41, 5.74) is 0. The van der Waals surface area contributed by atoms with Crippen LogP contribution in [0.2, 0.25) is 0 Å². The van der Waals surface area contributed by atoms with Crippen LogP contribution < -0.4 is 0 Å². The molecule has 0 spiro atoms. The van der Waals surface area contributed by atoms with Crippen LogP contribution in [0.1, 0.15) is 97.3 Å². The number of rotatable bonds is 9. The van der Waals surface area contributed by atoms with Gasteiger partial charge in [-0.2, -0.15) is 0 Å². The average molecular weight is 238 g/mol. The summed E-state index contributed by atoms with van der Waals surface area (Å²) in [6.45, 7) is 4.78. The quantitative estimate of drug-likeness (QED) is 0.411. The number of hydrogen-bond acceptors (Lipinski definition) is 0. The van der Waals surface area contributed by atoms with Crippen LogP contribution in [0.3, 0.4) is 0 Å². The van der Waals surface area contributed by atoms with Crippen LogP contribution >= 0.6 is 0 Å². The zero-order chi connectivity index (χ0) is 12.3. The van der Waals surface area contributed by atoms with Gasteiger partial charge in [-0.3, -0.25) is 0 Å². The van der Waals surface area contributed by atoms with Crippen molar-refractivity contribution in [1.29, 1.82) is 0 Å². The van der Waals surface area contributed by atoms with E-state index in [0.717, 1.165) is 11.8 Å². The van der Waals surface area contributed by atoms with E-state index in [0.29, 0.717) is 0 Å². The van der Waals surface area contributed by atoms with Gasteiger partial charge in [0.2, 0.25) is 0 Å². The molecule has 1 rings (SSSR count). The molecule has 1 saturated carbocycles. The van der Waals surface area contributed by atoms with E-state index in [1.807, 2.05) is 0 Å². The van der Waals surface area contributed by atoms with E-state index < -0.39 is 0 Å². The zero-order valence-electron chi connectivity index (χ0n) is 12.3. The minimum Gasteiger partial charge on any atom is -0.0654 e. The van der Waals surface area contributed by atoms with Crippen LogP contribution in [0, 0.1) is 11.8 Å². The molecule has 102 valence electrons. The van der Waals surface area contributed by atoms with Gasteiger partial charge >= 0.3 is 0 Å². The Kier molecular flexibility index (Phi) is 8.83. The lowest BCUT2D eigenvalue weighted by molar-refractivity contribution is 0.236. The molecule has 0 aliphatic heterocycles. The third kappa shape index (κ3) is 7.11. The minimum absolute atomic E-state index is 1.02. The smallest absolute Gasteiger partial charge is 0.0388 e. The summed E-state index contributed by atoms with van der Waals surface area (Å²) in [6, 6.07) is 0. The van der Waals surface area contributed by atoms with Crippen LogP contribution in [0.25, 0.3) is 0 Å². The molecule has 0 aromatic rings. The van der Waals surface area contributed by atoms with E-state index in [1.54, 1.807) is 0 Å². The Hall–Kier alpha value is 0. The molecule has 0 N–H and O–H groups in total. The molecule has 0 saturated heterocycles. The van der Waals surface area contributed by atoms with Gasteiger partial charge in [-0.25, -0.2) is 0 Å². The van der Waals surface area contributed by atoms with E-state index in [9.17, 15) is 0 Å². The molecular formula is C17H34. The Morgan fingerprint density at radius 3 is 2.00 bits per heavy atom.